The Morgan fingerprint density at radius 1 is 0.840 bits per heavy atom. The van der Waals surface area contributed by atoms with Crippen molar-refractivity contribution in [2.45, 2.75) is 97.5 Å². The van der Waals surface area contributed by atoms with Gasteiger partial charge in [-0.1, -0.05) is 77.6 Å². The number of unbranched alkanes of at least 4 members (excludes halogenated alkanes) is 11. The topological polar surface area (TPSA) is 13.1 Å². The minimum Gasteiger partial charge on any atom is -0.377 e. The van der Waals surface area contributed by atoms with Gasteiger partial charge in [0, 0.05) is 18.2 Å². The Balaban J connectivity index is 1.90. The molecule has 0 fully saturated rings. The molecule has 0 amide bonds. The summed E-state index contributed by atoms with van der Waals surface area (Å²) in [6.07, 6.45) is 21.3. The molecule has 0 atom stereocenters. The first kappa shape index (κ1) is 22.5. The Bertz CT molecular complexity index is 411. The van der Waals surface area contributed by atoms with E-state index in [1.165, 1.54) is 88.4 Å². The minimum atomic E-state index is 0.719. The molecule has 25 heavy (non-hydrogen) atoms. The van der Waals surface area contributed by atoms with E-state index in [0.29, 0.717) is 0 Å². The van der Waals surface area contributed by atoms with Crippen molar-refractivity contribution in [3.63, 3.8) is 0 Å². The Hall–Kier alpha value is -0.540. The number of pyridine rings is 1. The van der Waals surface area contributed by atoms with Gasteiger partial charge in [0.05, 0.1) is 12.4 Å². The molecule has 3 heteroatoms. The Morgan fingerprint density at radius 2 is 1.44 bits per heavy atom. The van der Waals surface area contributed by atoms with E-state index in [-0.39, 0.29) is 0 Å². The van der Waals surface area contributed by atoms with Crippen molar-refractivity contribution in [3.05, 3.63) is 30.1 Å². The molecule has 0 unspecified atom stereocenters. The van der Waals surface area contributed by atoms with Crippen LogP contribution >= 0.6 is 11.9 Å². The first-order valence-electron chi connectivity index (χ1n) is 10.6. The van der Waals surface area contributed by atoms with E-state index in [4.69, 9.17) is 4.74 Å². The highest BCUT2D eigenvalue weighted by molar-refractivity contribution is 7.92. The number of ether oxygens (including phenoxy) is 1. The number of nitrogens with zero attached hydrogens (tertiary/aromatic N) is 1. The van der Waals surface area contributed by atoms with Crippen LogP contribution in [0.1, 0.15) is 96.5 Å². The third-order valence-corrected chi connectivity index (χ3v) is 5.54. The Kier molecular flexibility index (Phi) is 15.2. The van der Waals surface area contributed by atoms with Crippen LogP contribution in [0.15, 0.2) is 24.5 Å². The summed E-state index contributed by atoms with van der Waals surface area (Å²) >= 11 is 1.91. The van der Waals surface area contributed by atoms with Crippen molar-refractivity contribution >= 4 is 11.9 Å². The highest BCUT2D eigenvalue weighted by Crippen LogP contribution is 2.12. The van der Waals surface area contributed by atoms with Gasteiger partial charge in [0.1, 0.15) is 0 Å². The molecule has 2 nitrogen and oxygen atoms in total. The summed E-state index contributed by atoms with van der Waals surface area (Å²) in [7, 11) is 0. The SMILES string of the molecule is CCCCCCCCCCCCCCS[n+]1cccc(COCC)c1. The van der Waals surface area contributed by atoms with Crippen LogP contribution in [0.5, 0.6) is 0 Å². The van der Waals surface area contributed by atoms with Crippen LogP contribution in [0.4, 0.5) is 0 Å². The van der Waals surface area contributed by atoms with Crippen molar-refractivity contribution in [1.29, 1.82) is 0 Å². The summed E-state index contributed by atoms with van der Waals surface area (Å²) < 4.78 is 7.70. The third kappa shape index (κ3) is 13.3. The molecule has 0 aliphatic carbocycles. The maximum atomic E-state index is 5.47. The van der Waals surface area contributed by atoms with E-state index in [0.717, 1.165) is 13.2 Å². The first-order chi connectivity index (χ1) is 12.4. The number of hydrogen-bond donors (Lipinski definition) is 0. The van der Waals surface area contributed by atoms with Gasteiger partial charge in [0.25, 0.3) is 0 Å². The molecule has 0 N–H and O–H groups in total. The summed E-state index contributed by atoms with van der Waals surface area (Å²) in [4.78, 5) is 0. The third-order valence-electron chi connectivity index (χ3n) is 4.55. The van der Waals surface area contributed by atoms with E-state index in [1.807, 2.05) is 18.9 Å². The van der Waals surface area contributed by atoms with Crippen molar-refractivity contribution < 1.29 is 8.71 Å². The monoisotopic (exact) mass is 366 g/mol. The van der Waals surface area contributed by atoms with Crippen LogP contribution in [0.2, 0.25) is 0 Å². The van der Waals surface area contributed by atoms with Crippen molar-refractivity contribution in [2.24, 2.45) is 0 Å². The molecular formula is C22H40NOS+. The first-order valence-corrected chi connectivity index (χ1v) is 11.5. The van der Waals surface area contributed by atoms with E-state index >= 15 is 0 Å². The molecule has 0 saturated heterocycles. The average molecular weight is 367 g/mol. The van der Waals surface area contributed by atoms with Crippen LogP contribution in [-0.4, -0.2) is 12.4 Å². The van der Waals surface area contributed by atoms with Gasteiger partial charge in [0.2, 0.25) is 0 Å². The summed E-state index contributed by atoms with van der Waals surface area (Å²) in [5, 5.41) is 0. The summed E-state index contributed by atoms with van der Waals surface area (Å²) in [6, 6.07) is 4.25. The Morgan fingerprint density at radius 3 is 2.04 bits per heavy atom. The standard InChI is InChI=1S/C22H40NOS/c1-3-5-6-7-8-9-10-11-12-13-14-15-19-25-23-18-16-17-22(20-23)21-24-4-2/h16-18,20H,3-15,19,21H2,1-2H3/q+1. The van der Waals surface area contributed by atoms with Crippen molar-refractivity contribution in [3.8, 4) is 0 Å². The van der Waals surface area contributed by atoms with Gasteiger partial charge in [-0.3, -0.25) is 0 Å². The molecule has 0 saturated carbocycles. The summed E-state index contributed by atoms with van der Waals surface area (Å²) in [6.45, 7) is 5.83. The molecule has 1 aromatic rings. The molecule has 0 aliphatic heterocycles. The quantitative estimate of drug-likeness (QED) is 0.224. The predicted molar refractivity (Wildman–Crippen MR) is 111 cm³/mol. The number of aromatic nitrogens is 1. The molecule has 0 spiro atoms. The summed E-state index contributed by atoms with van der Waals surface area (Å²) in [5.41, 5.74) is 1.26. The van der Waals surface area contributed by atoms with E-state index in [9.17, 15) is 0 Å². The molecule has 1 rings (SSSR count). The molecule has 0 aromatic carbocycles. The van der Waals surface area contributed by atoms with Gasteiger partial charge in [0.15, 0.2) is 24.3 Å². The maximum Gasteiger partial charge on any atom is 0.188 e. The minimum absolute atomic E-state index is 0.719. The lowest BCUT2D eigenvalue weighted by atomic mass is 10.1. The zero-order valence-electron chi connectivity index (χ0n) is 16.7. The van der Waals surface area contributed by atoms with Crippen molar-refractivity contribution in [2.75, 3.05) is 12.4 Å². The predicted octanol–water partition coefficient (Wildman–Crippen LogP) is 6.71. The van der Waals surface area contributed by atoms with Crippen LogP contribution in [0.25, 0.3) is 0 Å². The van der Waals surface area contributed by atoms with Gasteiger partial charge < -0.3 is 4.74 Å². The zero-order valence-corrected chi connectivity index (χ0v) is 17.5. The zero-order chi connectivity index (χ0) is 18.0. The summed E-state index contributed by atoms with van der Waals surface area (Å²) in [5.74, 6) is 1.21. The van der Waals surface area contributed by atoms with E-state index in [2.05, 4.69) is 35.4 Å². The fourth-order valence-electron chi connectivity index (χ4n) is 3.00. The lowest BCUT2D eigenvalue weighted by molar-refractivity contribution is -0.495. The Labute approximate surface area is 160 Å². The molecule has 1 heterocycles. The molecule has 0 bridgehead atoms. The fraction of sp³-hybridized carbons (Fsp3) is 0.773. The molecule has 1 aromatic heterocycles. The second-order valence-electron chi connectivity index (χ2n) is 6.93. The highest BCUT2D eigenvalue weighted by atomic mass is 32.2. The van der Waals surface area contributed by atoms with E-state index < -0.39 is 0 Å². The maximum absolute atomic E-state index is 5.47. The van der Waals surface area contributed by atoms with Gasteiger partial charge in [-0.05, 0) is 19.4 Å². The lowest BCUT2D eigenvalue weighted by Crippen LogP contribution is -2.25. The lowest BCUT2D eigenvalue weighted by Gasteiger charge is -2.02. The number of rotatable bonds is 17. The van der Waals surface area contributed by atoms with Crippen LogP contribution in [0.3, 0.4) is 0 Å². The second kappa shape index (κ2) is 16.9. The molecular weight excluding hydrogens is 326 g/mol. The second-order valence-corrected chi connectivity index (χ2v) is 8.02. The number of hydrogen-bond acceptors (Lipinski definition) is 2. The fourth-order valence-corrected chi connectivity index (χ4v) is 3.91. The smallest absolute Gasteiger partial charge is 0.188 e. The average Bonchev–Trinajstić information content (AvgIpc) is 2.64. The van der Waals surface area contributed by atoms with E-state index in [1.54, 1.807) is 0 Å². The van der Waals surface area contributed by atoms with Crippen LogP contribution < -0.4 is 3.97 Å². The van der Waals surface area contributed by atoms with Crippen molar-refractivity contribution in [1.82, 2.24) is 0 Å². The molecule has 0 aliphatic rings. The van der Waals surface area contributed by atoms with Crippen LogP contribution in [0, 0.1) is 0 Å². The van der Waals surface area contributed by atoms with Gasteiger partial charge in [-0.25, -0.2) is 0 Å². The molecule has 0 radical (unpaired) electrons. The van der Waals surface area contributed by atoms with Gasteiger partial charge in [-0.2, -0.15) is 0 Å². The van der Waals surface area contributed by atoms with Crippen LogP contribution in [-0.2, 0) is 11.3 Å². The highest BCUT2D eigenvalue weighted by Gasteiger charge is 2.05. The van der Waals surface area contributed by atoms with Gasteiger partial charge >= 0.3 is 0 Å². The normalized spacial score (nSPS) is 11.1. The van der Waals surface area contributed by atoms with Gasteiger partial charge in [-0.15, -0.1) is 3.97 Å². The largest absolute Gasteiger partial charge is 0.377 e. The molecule has 144 valence electrons.